The van der Waals surface area contributed by atoms with Gasteiger partial charge in [0.15, 0.2) is 11.4 Å². The van der Waals surface area contributed by atoms with Gasteiger partial charge in [0.1, 0.15) is 11.1 Å². The summed E-state index contributed by atoms with van der Waals surface area (Å²) in [5.41, 5.74) is 17.8. The fourth-order valence-corrected chi connectivity index (χ4v) is 6.32. The van der Waals surface area contributed by atoms with Crippen molar-refractivity contribution in [3.63, 3.8) is 0 Å². The van der Waals surface area contributed by atoms with Gasteiger partial charge in [0.2, 0.25) is 5.82 Å². The number of aryl methyl sites for hydroxylation is 2. The van der Waals surface area contributed by atoms with Crippen LogP contribution in [0.3, 0.4) is 0 Å². The third-order valence-electron chi connectivity index (χ3n) is 9.78. The average Bonchev–Trinajstić information content (AvgIpc) is 3.84. The van der Waals surface area contributed by atoms with Crippen molar-refractivity contribution in [3.8, 4) is 12.8 Å². The number of hydrogen-bond acceptors (Lipinski definition) is 8. The van der Waals surface area contributed by atoms with Crippen LogP contribution >= 0.6 is 0 Å². The minimum atomic E-state index is -3.16. The first-order valence-electron chi connectivity index (χ1n) is 17.7. The molecule has 2 fully saturated rings. The highest BCUT2D eigenvalue weighted by Crippen LogP contribution is 2.49. The summed E-state index contributed by atoms with van der Waals surface area (Å²) in [7, 11) is 1.00. The van der Waals surface area contributed by atoms with E-state index in [-0.39, 0.29) is 17.7 Å². The van der Waals surface area contributed by atoms with Crippen LogP contribution in [0.4, 0.5) is 20.3 Å². The lowest BCUT2D eigenvalue weighted by Gasteiger charge is -2.34. The number of piperidine rings is 1. The number of nitrogens with zero attached hydrogens (tertiary/aromatic N) is 3. The van der Waals surface area contributed by atoms with Gasteiger partial charge in [0.25, 0.3) is 0 Å². The van der Waals surface area contributed by atoms with Crippen LogP contribution in [0.15, 0.2) is 71.4 Å². The number of likely N-dealkylation sites (tertiary alicyclic amines) is 1. The molecule has 3 heterocycles. The molecule has 276 valence electrons. The smallest absolute Gasteiger partial charge is 0.306 e. The molecule has 2 aromatic carbocycles. The lowest BCUT2D eigenvalue weighted by molar-refractivity contribution is -0.0244. The van der Waals surface area contributed by atoms with Crippen LogP contribution in [0.1, 0.15) is 81.7 Å². The molecule has 8 nitrogen and oxygen atoms in total. The summed E-state index contributed by atoms with van der Waals surface area (Å²) in [5, 5.41) is 10.9. The number of anilines is 2. The molecule has 4 aromatic rings. The van der Waals surface area contributed by atoms with Gasteiger partial charge in [-0.3, -0.25) is 0 Å². The maximum Gasteiger partial charge on any atom is 0.306 e. The van der Waals surface area contributed by atoms with Gasteiger partial charge in [-0.05, 0) is 88.0 Å². The van der Waals surface area contributed by atoms with Crippen LogP contribution < -0.4 is 16.8 Å². The monoisotopic (exact) mass is 702 g/mol. The van der Waals surface area contributed by atoms with E-state index in [2.05, 4.69) is 53.1 Å². The Morgan fingerprint density at radius 1 is 1.06 bits per heavy atom. The van der Waals surface area contributed by atoms with Crippen LogP contribution in [-0.2, 0) is 5.92 Å². The number of furan rings is 1. The molecular weight excluding hydrogens is 646 g/mol. The number of halogens is 2. The number of fused-ring (bicyclic) bond motifs is 3. The Bertz CT molecular complexity index is 1760. The second-order valence-electron chi connectivity index (χ2n) is 13.7. The van der Waals surface area contributed by atoms with E-state index < -0.39 is 11.7 Å². The minimum Gasteiger partial charge on any atom is -0.450 e. The van der Waals surface area contributed by atoms with Gasteiger partial charge in [-0.1, -0.05) is 56.8 Å². The van der Waals surface area contributed by atoms with Crippen molar-refractivity contribution >= 4 is 33.6 Å². The van der Waals surface area contributed by atoms with Gasteiger partial charge in [-0.25, -0.2) is 9.97 Å². The molecule has 0 amide bonds. The standard InChI is InChI=1S/C30H39F2N5O.C8H11N.C2H2.CH4O/c1-20-10-9-17-37(18-20)21(2)11-5-4-8-14-30(31,32)28-35-25-23-12-6-7-13-24(23)38-26(25)27(36-28)34-19-29(15-16-29)22(3)33;1-6-4-3-5-7(2)8(6)9;2*1-2/h6-7,12-13,20H,2-5,8-11,14-19,33H2,1H3,(H,34,35,36);3-5H,9H2,1-2H3;1-2H;2H,1H3. The molecule has 0 spiro atoms. The van der Waals surface area contributed by atoms with E-state index in [0.717, 1.165) is 68.4 Å². The molecule has 51 heavy (non-hydrogen) atoms. The SMILES string of the molecule is C#C.C=C(CCCCCC(F)(F)c1nc(NCC2(C(=C)N)CC2)c2oc3ccccc3c2n1)N1CCCC(C)C1.CO.Cc1cccc(C)c1N. The molecule has 2 aliphatic rings. The van der Waals surface area contributed by atoms with Crippen molar-refractivity contribution in [3.05, 3.63) is 84.0 Å². The Labute approximate surface area is 302 Å². The second-order valence-corrected chi connectivity index (χ2v) is 13.7. The molecule has 1 aliphatic carbocycles. The fourth-order valence-electron chi connectivity index (χ4n) is 6.32. The van der Waals surface area contributed by atoms with Gasteiger partial charge < -0.3 is 31.2 Å². The van der Waals surface area contributed by atoms with Crippen LogP contribution in [-0.4, -0.2) is 46.7 Å². The van der Waals surface area contributed by atoms with E-state index in [0.29, 0.717) is 53.1 Å². The Hall–Kier alpha value is -4.62. The first kappa shape index (κ1) is 40.8. The maximum absolute atomic E-state index is 15.5. The summed E-state index contributed by atoms with van der Waals surface area (Å²) in [6.07, 6.45) is 14.8. The molecule has 1 atom stereocenters. The molecule has 6 rings (SSSR count). The highest BCUT2D eigenvalue weighted by molar-refractivity contribution is 6.05. The third kappa shape index (κ3) is 10.5. The fraction of sp³-hybridized carbons (Fsp3) is 0.463. The van der Waals surface area contributed by atoms with Gasteiger partial charge in [-0.15, -0.1) is 12.8 Å². The zero-order valence-electron chi connectivity index (χ0n) is 30.8. The second kappa shape index (κ2) is 18.6. The molecule has 1 unspecified atom stereocenters. The quantitative estimate of drug-likeness (QED) is 0.0655. The number of aliphatic hydroxyl groups excluding tert-OH is 1. The van der Waals surface area contributed by atoms with E-state index in [1.54, 1.807) is 6.07 Å². The number of para-hydroxylation sites is 2. The first-order valence-corrected chi connectivity index (χ1v) is 17.7. The Balaban J connectivity index is 0.000000462. The van der Waals surface area contributed by atoms with Gasteiger partial charge in [-0.2, -0.15) is 8.78 Å². The number of benzene rings is 2. The molecule has 2 aromatic heterocycles. The number of rotatable bonds is 12. The number of nitrogen functional groups attached to an aromatic ring is 1. The summed E-state index contributed by atoms with van der Waals surface area (Å²) in [5.74, 6) is -2.66. The summed E-state index contributed by atoms with van der Waals surface area (Å²) in [6.45, 7) is 17.0. The predicted octanol–water partition coefficient (Wildman–Crippen LogP) is 9.07. The average molecular weight is 703 g/mol. The highest BCUT2D eigenvalue weighted by atomic mass is 19.3. The van der Waals surface area contributed by atoms with E-state index in [4.69, 9.17) is 21.0 Å². The number of alkyl halides is 2. The number of aliphatic hydroxyl groups is 1. The molecule has 1 aliphatic heterocycles. The van der Waals surface area contributed by atoms with Crippen LogP contribution in [0.2, 0.25) is 0 Å². The Morgan fingerprint density at radius 2 is 1.73 bits per heavy atom. The molecular formula is C41H56F2N6O2. The molecule has 0 radical (unpaired) electrons. The molecule has 6 N–H and O–H groups in total. The van der Waals surface area contributed by atoms with Crippen LogP contribution in [0.5, 0.6) is 0 Å². The van der Waals surface area contributed by atoms with E-state index in [9.17, 15) is 0 Å². The summed E-state index contributed by atoms with van der Waals surface area (Å²) in [4.78, 5) is 11.0. The minimum absolute atomic E-state index is 0.220. The number of unbranched alkanes of at least 4 members (excludes halogenated alkanes) is 2. The maximum atomic E-state index is 15.5. The van der Waals surface area contributed by atoms with Gasteiger partial charge >= 0.3 is 5.92 Å². The normalized spacial score (nSPS) is 16.1. The topological polar surface area (TPSA) is 126 Å². The number of nitrogens with one attached hydrogen (secondary N) is 1. The molecule has 0 bridgehead atoms. The van der Waals surface area contributed by atoms with Crippen molar-refractivity contribution in [1.82, 2.24) is 14.9 Å². The predicted molar refractivity (Wildman–Crippen MR) is 207 cm³/mol. The Kier molecular flexibility index (Phi) is 14.9. The van der Waals surface area contributed by atoms with Gasteiger partial charge in [0, 0.05) is 61.0 Å². The summed E-state index contributed by atoms with van der Waals surface area (Å²) in [6, 6.07) is 13.4. The molecule has 1 saturated carbocycles. The summed E-state index contributed by atoms with van der Waals surface area (Å²) < 4.78 is 36.9. The van der Waals surface area contributed by atoms with E-state index >= 15 is 8.78 Å². The number of terminal acetylenes is 1. The lowest BCUT2D eigenvalue weighted by atomic mass is 9.99. The Morgan fingerprint density at radius 3 is 2.33 bits per heavy atom. The summed E-state index contributed by atoms with van der Waals surface area (Å²) >= 11 is 0. The van der Waals surface area contributed by atoms with Crippen LogP contribution in [0, 0.1) is 38.0 Å². The zero-order valence-corrected chi connectivity index (χ0v) is 30.8. The number of allylic oxidation sites excluding steroid dienone is 1. The number of hydrogen-bond donors (Lipinski definition) is 4. The lowest BCUT2D eigenvalue weighted by Crippen LogP contribution is -2.33. The number of nitrogens with two attached hydrogens (primary N) is 2. The van der Waals surface area contributed by atoms with E-state index in [1.807, 2.05) is 50.2 Å². The molecule has 1 saturated heterocycles. The largest absolute Gasteiger partial charge is 0.450 e. The van der Waals surface area contributed by atoms with Crippen molar-refractivity contribution in [2.45, 2.75) is 84.5 Å². The van der Waals surface area contributed by atoms with Crippen molar-refractivity contribution in [2.24, 2.45) is 17.1 Å². The zero-order chi connectivity index (χ0) is 37.8. The van der Waals surface area contributed by atoms with Crippen LogP contribution in [0.25, 0.3) is 22.1 Å². The molecule has 10 heteroatoms. The van der Waals surface area contributed by atoms with E-state index in [1.165, 1.54) is 12.8 Å². The number of aromatic nitrogens is 2. The third-order valence-corrected chi connectivity index (χ3v) is 9.78. The van der Waals surface area contributed by atoms with Crippen molar-refractivity contribution in [1.29, 1.82) is 0 Å². The first-order chi connectivity index (χ1) is 24.4. The van der Waals surface area contributed by atoms with Crippen molar-refractivity contribution in [2.75, 3.05) is 37.8 Å². The van der Waals surface area contributed by atoms with Crippen molar-refractivity contribution < 1.29 is 18.3 Å². The van der Waals surface area contributed by atoms with Gasteiger partial charge in [0.05, 0.1) is 0 Å². The highest BCUT2D eigenvalue weighted by Gasteiger charge is 2.44.